The molecule has 0 aromatic carbocycles. The van der Waals surface area contributed by atoms with Crippen LogP contribution in [0.2, 0.25) is 0 Å². The molecule has 0 radical (unpaired) electrons. The Morgan fingerprint density at radius 1 is 1.62 bits per heavy atom. The molecule has 72 valence electrons. The monoisotopic (exact) mass is 201 g/mol. The Morgan fingerprint density at radius 2 is 2.31 bits per heavy atom. The molecule has 0 unspecified atom stereocenters. The van der Waals surface area contributed by atoms with Crippen molar-refractivity contribution in [2.45, 2.75) is 19.8 Å². The molecule has 0 aliphatic rings. The van der Waals surface area contributed by atoms with E-state index < -0.39 is 5.97 Å². The van der Waals surface area contributed by atoms with Gasteiger partial charge in [0.1, 0.15) is 0 Å². The van der Waals surface area contributed by atoms with Crippen LogP contribution in [0.25, 0.3) is 0 Å². The summed E-state index contributed by atoms with van der Waals surface area (Å²) in [5.74, 6) is -0.874. The number of halogens is 1. The summed E-state index contributed by atoms with van der Waals surface area (Å²) in [6.45, 7) is 2.01. The van der Waals surface area contributed by atoms with Crippen LogP contribution < -0.4 is 0 Å². The van der Waals surface area contributed by atoms with Gasteiger partial charge in [0.15, 0.2) is 0 Å². The summed E-state index contributed by atoms with van der Waals surface area (Å²) in [4.78, 5) is 14.6. The van der Waals surface area contributed by atoms with E-state index in [2.05, 4.69) is 4.98 Å². The van der Waals surface area contributed by atoms with Crippen molar-refractivity contribution in [2.24, 2.45) is 0 Å². The van der Waals surface area contributed by atoms with Gasteiger partial charge < -0.3 is 5.11 Å². The molecular weight excluding hydrogens is 190 g/mol. The summed E-state index contributed by atoms with van der Waals surface area (Å²) in [6, 6.07) is 1.54. The average molecular weight is 202 g/mol. The summed E-state index contributed by atoms with van der Waals surface area (Å²) in [6.07, 6.45) is 4.83. The molecule has 1 aromatic heterocycles. The van der Waals surface area contributed by atoms with Crippen LogP contribution in [0.5, 0.6) is 0 Å². The smallest absolute Gasteiger partial charge is 0.336 e. The number of pyridine rings is 1. The maximum Gasteiger partial charge on any atom is 0.336 e. The molecular formula is C9H12ClNO2. The predicted octanol–water partition coefficient (Wildman–Crippen LogP) is 2.15. The molecule has 0 saturated heterocycles. The van der Waals surface area contributed by atoms with Crippen LogP contribution in [0.15, 0.2) is 18.5 Å². The number of nitrogens with zero attached hydrogens (tertiary/aromatic N) is 1. The summed E-state index contributed by atoms with van der Waals surface area (Å²) >= 11 is 0. The van der Waals surface area contributed by atoms with Crippen LogP contribution in [0, 0.1) is 0 Å². The van der Waals surface area contributed by atoms with Gasteiger partial charge in [-0.1, -0.05) is 13.3 Å². The van der Waals surface area contributed by atoms with E-state index in [9.17, 15) is 4.79 Å². The van der Waals surface area contributed by atoms with Crippen LogP contribution >= 0.6 is 12.4 Å². The lowest BCUT2D eigenvalue weighted by molar-refractivity contribution is 0.0695. The molecule has 0 bridgehead atoms. The Labute approximate surface area is 83.2 Å². The first-order chi connectivity index (χ1) is 5.75. The normalized spacial score (nSPS) is 9.00. The van der Waals surface area contributed by atoms with Crippen molar-refractivity contribution < 1.29 is 9.90 Å². The highest BCUT2D eigenvalue weighted by molar-refractivity contribution is 5.89. The van der Waals surface area contributed by atoms with E-state index >= 15 is 0 Å². The van der Waals surface area contributed by atoms with Gasteiger partial charge in [0, 0.05) is 12.4 Å². The largest absolute Gasteiger partial charge is 0.478 e. The van der Waals surface area contributed by atoms with E-state index in [1.165, 1.54) is 12.3 Å². The van der Waals surface area contributed by atoms with E-state index in [4.69, 9.17) is 5.11 Å². The number of rotatable bonds is 3. The van der Waals surface area contributed by atoms with Crippen molar-refractivity contribution in [1.82, 2.24) is 4.98 Å². The number of aromatic nitrogens is 1. The number of hydrogen-bond acceptors (Lipinski definition) is 2. The van der Waals surface area contributed by atoms with Gasteiger partial charge in [0.05, 0.1) is 5.56 Å². The van der Waals surface area contributed by atoms with Gasteiger partial charge in [-0.05, 0) is 18.1 Å². The van der Waals surface area contributed by atoms with Crippen LogP contribution in [0.3, 0.4) is 0 Å². The number of carboxylic acid groups (broad SMARTS) is 1. The molecule has 0 fully saturated rings. The number of carbonyl (C=O) groups is 1. The van der Waals surface area contributed by atoms with Crippen molar-refractivity contribution in [1.29, 1.82) is 0 Å². The summed E-state index contributed by atoms with van der Waals surface area (Å²) < 4.78 is 0. The van der Waals surface area contributed by atoms with E-state index in [1.807, 2.05) is 6.92 Å². The van der Waals surface area contributed by atoms with E-state index in [-0.39, 0.29) is 12.4 Å². The molecule has 1 N–H and O–H groups in total. The molecule has 0 saturated carbocycles. The SMILES string of the molecule is CCCc1cnccc1C(=O)O.Cl. The van der Waals surface area contributed by atoms with Crippen LogP contribution in [-0.4, -0.2) is 16.1 Å². The highest BCUT2D eigenvalue weighted by Crippen LogP contribution is 2.08. The van der Waals surface area contributed by atoms with Crippen molar-refractivity contribution in [3.8, 4) is 0 Å². The molecule has 1 rings (SSSR count). The maximum absolute atomic E-state index is 10.7. The van der Waals surface area contributed by atoms with Crippen molar-refractivity contribution in [3.05, 3.63) is 29.6 Å². The fourth-order valence-corrected chi connectivity index (χ4v) is 1.10. The summed E-state index contributed by atoms with van der Waals surface area (Å²) in [5, 5.41) is 8.76. The molecule has 3 nitrogen and oxygen atoms in total. The highest BCUT2D eigenvalue weighted by Gasteiger charge is 2.07. The third-order valence-corrected chi connectivity index (χ3v) is 1.65. The summed E-state index contributed by atoms with van der Waals surface area (Å²) in [7, 11) is 0. The first-order valence-corrected chi connectivity index (χ1v) is 3.92. The fraction of sp³-hybridized carbons (Fsp3) is 0.333. The first-order valence-electron chi connectivity index (χ1n) is 3.92. The fourth-order valence-electron chi connectivity index (χ4n) is 1.10. The van der Waals surface area contributed by atoms with Gasteiger partial charge in [-0.3, -0.25) is 4.98 Å². The van der Waals surface area contributed by atoms with E-state index in [0.717, 1.165) is 18.4 Å². The molecule has 0 spiro atoms. The topological polar surface area (TPSA) is 50.2 Å². The molecule has 0 aliphatic carbocycles. The number of aryl methyl sites for hydroxylation is 1. The summed E-state index contributed by atoms with van der Waals surface area (Å²) in [5.41, 5.74) is 1.18. The molecule has 0 aliphatic heterocycles. The zero-order chi connectivity index (χ0) is 8.97. The number of carboxylic acids is 1. The van der Waals surface area contributed by atoms with Gasteiger partial charge in [-0.2, -0.15) is 0 Å². The Hall–Kier alpha value is -1.09. The molecule has 13 heavy (non-hydrogen) atoms. The minimum absolute atomic E-state index is 0. The standard InChI is InChI=1S/C9H11NO2.ClH/c1-2-3-7-6-10-5-4-8(7)9(11)12;/h4-6H,2-3H2,1H3,(H,11,12);1H. The minimum atomic E-state index is -0.874. The number of hydrogen-bond donors (Lipinski definition) is 1. The van der Waals surface area contributed by atoms with Crippen LogP contribution in [-0.2, 0) is 6.42 Å². The third kappa shape index (κ3) is 3.03. The minimum Gasteiger partial charge on any atom is -0.478 e. The molecule has 0 atom stereocenters. The highest BCUT2D eigenvalue weighted by atomic mass is 35.5. The zero-order valence-corrected chi connectivity index (χ0v) is 8.17. The van der Waals surface area contributed by atoms with Crippen LogP contribution in [0.4, 0.5) is 0 Å². The lowest BCUT2D eigenvalue weighted by Crippen LogP contribution is -2.02. The molecule has 0 amide bonds. The van der Waals surface area contributed by atoms with Gasteiger partial charge in [-0.25, -0.2) is 4.79 Å². The van der Waals surface area contributed by atoms with Crippen molar-refractivity contribution >= 4 is 18.4 Å². The second-order valence-electron chi connectivity index (χ2n) is 2.59. The van der Waals surface area contributed by atoms with Crippen molar-refractivity contribution in [2.75, 3.05) is 0 Å². The van der Waals surface area contributed by atoms with Crippen LogP contribution in [0.1, 0.15) is 29.3 Å². The lowest BCUT2D eigenvalue weighted by Gasteiger charge is -2.01. The van der Waals surface area contributed by atoms with Gasteiger partial charge in [0.25, 0.3) is 0 Å². The average Bonchev–Trinajstić information content (AvgIpc) is 2.05. The maximum atomic E-state index is 10.7. The lowest BCUT2D eigenvalue weighted by atomic mass is 10.1. The first kappa shape index (κ1) is 11.9. The predicted molar refractivity (Wildman–Crippen MR) is 52.4 cm³/mol. The number of aromatic carboxylic acids is 1. The van der Waals surface area contributed by atoms with Gasteiger partial charge >= 0.3 is 5.97 Å². The second kappa shape index (κ2) is 5.54. The molecule has 1 heterocycles. The van der Waals surface area contributed by atoms with Gasteiger partial charge in [-0.15, -0.1) is 12.4 Å². The Kier molecular flexibility index (Phi) is 5.07. The third-order valence-electron chi connectivity index (χ3n) is 1.65. The Morgan fingerprint density at radius 3 is 2.85 bits per heavy atom. The molecule has 1 aromatic rings. The Bertz CT molecular complexity index is 289. The zero-order valence-electron chi connectivity index (χ0n) is 7.36. The quantitative estimate of drug-likeness (QED) is 0.816. The van der Waals surface area contributed by atoms with Crippen molar-refractivity contribution in [3.63, 3.8) is 0 Å². The molecule has 4 heteroatoms. The van der Waals surface area contributed by atoms with Gasteiger partial charge in [0.2, 0.25) is 0 Å². The second-order valence-corrected chi connectivity index (χ2v) is 2.59. The van der Waals surface area contributed by atoms with E-state index in [0.29, 0.717) is 5.56 Å². The van der Waals surface area contributed by atoms with E-state index in [1.54, 1.807) is 6.20 Å². The Balaban J connectivity index is 0.00000144.